The first-order valence-corrected chi connectivity index (χ1v) is 11.1. The molecule has 0 aliphatic carbocycles. The number of sulfonamides is 1. The molecule has 0 saturated heterocycles. The molecule has 0 aromatic heterocycles. The SMILES string of the molecule is Cc1ccc(S(=O)(=O)N[C@H](C#Cc2ccccc2)c2ccc3ccccc3c2)cc1. The van der Waals surface area contributed by atoms with Crippen LogP contribution in [0.4, 0.5) is 0 Å². The standard InChI is InChI=1S/C26H21NO2S/c1-20-11-16-25(17-12-20)30(28,29)27-26(18-13-21-7-3-2-4-8-21)24-15-14-22-9-5-6-10-23(22)19-24/h2-12,14-17,19,26-27H,1H3/t26-/m1/s1. The summed E-state index contributed by atoms with van der Waals surface area (Å²) in [7, 11) is -3.73. The van der Waals surface area contributed by atoms with Gasteiger partial charge >= 0.3 is 0 Å². The maximum Gasteiger partial charge on any atom is 0.241 e. The third-order valence-electron chi connectivity index (χ3n) is 4.85. The van der Waals surface area contributed by atoms with Gasteiger partial charge in [-0.05, 0) is 53.6 Å². The molecule has 4 aromatic rings. The first kappa shape index (κ1) is 19.9. The molecule has 1 N–H and O–H groups in total. The molecule has 0 heterocycles. The highest BCUT2D eigenvalue weighted by Gasteiger charge is 2.20. The van der Waals surface area contributed by atoms with Gasteiger partial charge in [-0.2, -0.15) is 4.72 Å². The Morgan fingerprint density at radius 1 is 0.767 bits per heavy atom. The van der Waals surface area contributed by atoms with E-state index in [0.29, 0.717) is 0 Å². The van der Waals surface area contributed by atoms with Gasteiger partial charge in [-0.1, -0.05) is 84.1 Å². The first-order chi connectivity index (χ1) is 14.5. The van der Waals surface area contributed by atoms with Crippen LogP contribution in [0.15, 0.2) is 102 Å². The predicted octanol–water partition coefficient (Wildman–Crippen LogP) is 5.22. The smallest absolute Gasteiger partial charge is 0.207 e. The van der Waals surface area contributed by atoms with Crippen molar-refractivity contribution in [3.63, 3.8) is 0 Å². The lowest BCUT2D eigenvalue weighted by atomic mass is 10.0. The van der Waals surface area contributed by atoms with Gasteiger partial charge in [0.05, 0.1) is 4.90 Å². The number of rotatable bonds is 4. The Kier molecular flexibility index (Phi) is 5.67. The Morgan fingerprint density at radius 2 is 1.43 bits per heavy atom. The second-order valence-corrected chi connectivity index (χ2v) is 8.82. The van der Waals surface area contributed by atoms with Crippen LogP contribution in [0.1, 0.15) is 22.7 Å². The molecule has 0 spiro atoms. The average molecular weight is 412 g/mol. The van der Waals surface area contributed by atoms with E-state index in [4.69, 9.17) is 0 Å². The number of aryl methyl sites for hydroxylation is 1. The summed E-state index contributed by atoms with van der Waals surface area (Å²) in [6.07, 6.45) is 0. The fourth-order valence-corrected chi connectivity index (χ4v) is 4.32. The van der Waals surface area contributed by atoms with E-state index in [1.54, 1.807) is 24.3 Å². The lowest BCUT2D eigenvalue weighted by molar-refractivity contribution is 0.576. The van der Waals surface area contributed by atoms with Crippen LogP contribution >= 0.6 is 0 Å². The van der Waals surface area contributed by atoms with Crippen molar-refractivity contribution < 1.29 is 8.42 Å². The van der Waals surface area contributed by atoms with E-state index in [1.807, 2.05) is 79.7 Å². The number of benzene rings is 4. The Balaban J connectivity index is 1.74. The molecule has 0 radical (unpaired) electrons. The molecule has 30 heavy (non-hydrogen) atoms. The summed E-state index contributed by atoms with van der Waals surface area (Å²) < 4.78 is 28.8. The molecule has 0 saturated carbocycles. The van der Waals surface area contributed by atoms with Gasteiger partial charge in [0.1, 0.15) is 6.04 Å². The number of hydrogen-bond donors (Lipinski definition) is 1. The number of nitrogens with one attached hydrogen (secondary N) is 1. The summed E-state index contributed by atoms with van der Waals surface area (Å²) in [5.41, 5.74) is 2.63. The van der Waals surface area contributed by atoms with Gasteiger partial charge < -0.3 is 0 Å². The monoisotopic (exact) mass is 411 g/mol. The van der Waals surface area contributed by atoms with Crippen LogP contribution in [0, 0.1) is 18.8 Å². The van der Waals surface area contributed by atoms with Crippen molar-refractivity contribution in [1.29, 1.82) is 0 Å². The van der Waals surface area contributed by atoms with Gasteiger partial charge in [0.2, 0.25) is 10.0 Å². The Hall–Kier alpha value is -3.39. The summed E-state index contributed by atoms with van der Waals surface area (Å²) in [5.74, 6) is 6.21. The molecule has 0 bridgehead atoms. The van der Waals surface area contributed by atoms with Crippen LogP contribution in [-0.2, 0) is 10.0 Å². The van der Waals surface area contributed by atoms with E-state index in [0.717, 1.165) is 27.5 Å². The van der Waals surface area contributed by atoms with Crippen molar-refractivity contribution in [3.05, 3.63) is 114 Å². The molecule has 4 aromatic carbocycles. The molecule has 0 aliphatic heterocycles. The van der Waals surface area contributed by atoms with Crippen molar-refractivity contribution in [1.82, 2.24) is 4.72 Å². The molecule has 1 atom stereocenters. The Labute approximate surface area is 177 Å². The molecular formula is C26H21NO2S. The van der Waals surface area contributed by atoms with Crippen LogP contribution in [0.25, 0.3) is 10.8 Å². The summed E-state index contributed by atoms with van der Waals surface area (Å²) >= 11 is 0. The third kappa shape index (κ3) is 4.60. The van der Waals surface area contributed by atoms with Crippen LogP contribution in [-0.4, -0.2) is 8.42 Å². The average Bonchev–Trinajstić information content (AvgIpc) is 2.77. The molecule has 148 valence electrons. The highest BCUT2D eigenvalue weighted by atomic mass is 32.2. The fourth-order valence-electron chi connectivity index (χ4n) is 3.19. The van der Waals surface area contributed by atoms with Gasteiger partial charge in [-0.25, -0.2) is 8.42 Å². The molecule has 3 nitrogen and oxygen atoms in total. The van der Waals surface area contributed by atoms with Gasteiger partial charge in [0.15, 0.2) is 0 Å². The van der Waals surface area contributed by atoms with Gasteiger partial charge in [0, 0.05) is 5.56 Å². The second kappa shape index (κ2) is 8.54. The van der Waals surface area contributed by atoms with Gasteiger partial charge in [-0.15, -0.1) is 0 Å². The summed E-state index contributed by atoms with van der Waals surface area (Å²) in [6.45, 7) is 1.92. The van der Waals surface area contributed by atoms with Crippen molar-refractivity contribution in [2.24, 2.45) is 0 Å². The quantitative estimate of drug-likeness (QED) is 0.468. The van der Waals surface area contributed by atoms with Crippen molar-refractivity contribution >= 4 is 20.8 Å². The topological polar surface area (TPSA) is 46.2 Å². The number of fused-ring (bicyclic) bond motifs is 1. The third-order valence-corrected chi connectivity index (χ3v) is 6.28. The lowest BCUT2D eigenvalue weighted by Gasteiger charge is -2.15. The van der Waals surface area contributed by atoms with Crippen molar-refractivity contribution in [2.75, 3.05) is 0 Å². The zero-order chi connectivity index (χ0) is 21.0. The maximum absolute atomic E-state index is 13.0. The lowest BCUT2D eigenvalue weighted by Crippen LogP contribution is -2.28. The molecule has 4 rings (SSSR count). The molecule has 4 heteroatoms. The molecular weight excluding hydrogens is 390 g/mol. The van der Waals surface area contributed by atoms with Crippen LogP contribution < -0.4 is 4.72 Å². The van der Waals surface area contributed by atoms with E-state index in [-0.39, 0.29) is 4.90 Å². The minimum Gasteiger partial charge on any atom is -0.207 e. The van der Waals surface area contributed by atoms with Crippen molar-refractivity contribution in [2.45, 2.75) is 17.9 Å². The van der Waals surface area contributed by atoms with Gasteiger partial charge in [-0.3, -0.25) is 0 Å². The first-order valence-electron chi connectivity index (χ1n) is 9.66. The van der Waals surface area contributed by atoms with Gasteiger partial charge in [0.25, 0.3) is 0 Å². The minimum absolute atomic E-state index is 0.223. The normalized spacial score (nSPS) is 12.2. The molecule has 0 amide bonds. The zero-order valence-electron chi connectivity index (χ0n) is 16.5. The Bertz CT molecular complexity index is 1330. The largest absolute Gasteiger partial charge is 0.241 e. The molecule has 0 aliphatic rings. The van der Waals surface area contributed by atoms with Crippen LogP contribution in [0.5, 0.6) is 0 Å². The highest BCUT2D eigenvalue weighted by Crippen LogP contribution is 2.22. The minimum atomic E-state index is -3.73. The van der Waals surface area contributed by atoms with E-state index >= 15 is 0 Å². The van der Waals surface area contributed by atoms with Crippen molar-refractivity contribution in [3.8, 4) is 11.8 Å². The number of hydrogen-bond acceptors (Lipinski definition) is 2. The Morgan fingerprint density at radius 3 is 2.17 bits per heavy atom. The zero-order valence-corrected chi connectivity index (χ0v) is 17.4. The fraction of sp³-hybridized carbons (Fsp3) is 0.0769. The van der Waals surface area contributed by atoms with Crippen LogP contribution in [0.2, 0.25) is 0 Å². The summed E-state index contributed by atoms with van der Waals surface area (Å²) in [4.78, 5) is 0.223. The van der Waals surface area contributed by atoms with E-state index < -0.39 is 16.1 Å². The maximum atomic E-state index is 13.0. The van der Waals surface area contributed by atoms with E-state index in [2.05, 4.69) is 16.6 Å². The molecule has 0 fully saturated rings. The molecule has 0 unspecified atom stereocenters. The van der Waals surface area contributed by atoms with E-state index in [1.165, 1.54) is 0 Å². The summed E-state index contributed by atoms with van der Waals surface area (Å²) in [5, 5.41) is 2.13. The predicted molar refractivity (Wildman–Crippen MR) is 122 cm³/mol. The summed E-state index contributed by atoms with van der Waals surface area (Å²) in [6, 6.07) is 29.5. The van der Waals surface area contributed by atoms with Crippen LogP contribution in [0.3, 0.4) is 0 Å². The second-order valence-electron chi connectivity index (χ2n) is 7.11. The highest BCUT2D eigenvalue weighted by molar-refractivity contribution is 7.89. The van der Waals surface area contributed by atoms with E-state index in [9.17, 15) is 8.42 Å².